The van der Waals surface area contributed by atoms with Gasteiger partial charge in [-0.05, 0) is 28.8 Å². The fourth-order valence-electron chi connectivity index (χ4n) is 2.95. The van der Waals surface area contributed by atoms with Crippen LogP contribution in [0.3, 0.4) is 0 Å². The van der Waals surface area contributed by atoms with Gasteiger partial charge in [-0.2, -0.15) is 13.2 Å². The largest absolute Gasteiger partial charge is 0.409 e. The van der Waals surface area contributed by atoms with Gasteiger partial charge in [-0.1, -0.05) is 36.4 Å². The second-order valence-corrected chi connectivity index (χ2v) is 5.44. The minimum atomic E-state index is -4.48. The van der Waals surface area contributed by atoms with Crippen LogP contribution in [0.2, 0.25) is 0 Å². The SMILES string of the molecule is Cc1ccc2ccccc2c1[C@H](N1CCC(=O)N1)C(F)(F)F. The first-order valence-electron chi connectivity index (χ1n) is 6.99. The van der Waals surface area contributed by atoms with Crippen LogP contribution in [0.5, 0.6) is 0 Å². The molecule has 0 aromatic heterocycles. The highest BCUT2D eigenvalue weighted by atomic mass is 19.4. The van der Waals surface area contributed by atoms with E-state index in [2.05, 4.69) is 5.43 Å². The molecule has 1 saturated heterocycles. The van der Waals surface area contributed by atoms with Crippen molar-refractivity contribution in [1.82, 2.24) is 10.4 Å². The van der Waals surface area contributed by atoms with E-state index in [9.17, 15) is 18.0 Å². The minimum absolute atomic E-state index is 0.0473. The Labute approximate surface area is 125 Å². The van der Waals surface area contributed by atoms with Crippen molar-refractivity contribution in [2.75, 3.05) is 6.54 Å². The molecule has 1 aliphatic heterocycles. The molecule has 3 rings (SSSR count). The van der Waals surface area contributed by atoms with Crippen LogP contribution in [0, 0.1) is 6.92 Å². The molecular formula is C16H15F3N2O. The second-order valence-electron chi connectivity index (χ2n) is 5.44. The molecule has 116 valence electrons. The summed E-state index contributed by atoms with van der Waals surface area (Å²) in [4.78, 5) is 11.3. The molecule has 1 N–H and O–H groups in total. The number of fused-ring (bicyclic) bond motifs is 1. The van der Waals surface area contributed by atoms with Gasteiger partial charge >= 0.3 is 6.18 Å². The molecule has 1 heterocycles. The van der Waals surface area contributed by atoms with E-state index in [0.717, 1.165) is 10.4 Å². The predicted octanol–water partition coefficient (Wildman–Crippen LogP) is 3.49. The van der Waals surface area contributed by atoms with Gasteiger partial charge in [-0.15, -0.1) is 0 Å². The summed E-state index contributed by atoms with van der Waals surface area (Å²) >= 11 is 0. The minimum Gasteiger partial charge on any atom is -0.288 e. The maximum Gasteiger partial charge on any atom is 0.409 e. The standard InChI is InChI=1S/C16H15F3N2O/c1-10-6-7-11-4-2-3-5-12(11)14(10)15(16(17,18)19)21-9-8-13(22)20-21/h2-7,15H,8-9H2,1H3,(H,20,22)/t15-/m0/s1. The van der Waals surface area contributed by atoms with Crippen molar-refractivity contribution in [2.45, 2.75) is 25.6 Å². The normalized spacial score (nSPS) is 17.7. The summed E-state index contributed by atoms with van der Waals surface area (Å²) in [6.45, 7) is 1.71. The Bertz CT molecular complexity index is 727. The molecule has 0 unspecified atom stereocenters. The zero-order chi connectivity index (χ0) is 15.9. The Morgan fingerprint density at radius 3 is 2.55 bits per heavy atom. The summed E-state index contributed by atoms with van der Waals surface area (Å²) in [5.74, 6) is -0.382. The Hall–Kier alpha value is -2.08. The quantitative estimate of drug-likeness (QED) is 0.921. The van der Waals surface area contributed by atoms with E-state index in [0.29, 0.717) is 10.9 Å². The predicted molar refractivity (Wildman–Crippen MR) is 76.9 cm³/mol. The second kappa shape index (κ2) is 5.28. The molecule has 6 heteroatoms. The van der Waals surface area contributed by atoms with Gasteiger partial charge in [0.1, 0.15) is 0 Å². The molecule has 0 bridgehead atoms. The molecule has 1 amide bonds. The number of hydrogen-bond donors (Lipinski definition) is 1. The van der Waals surface area contributed by atoms with E-state index < -0.39 is 12.2 Å². The number of nitrogens with one attached hydrogen (secondary N) is 1. The molecule has 22 heavy (non-hydrogen) atoms. The van der Waals surface area contributed by atoms with E-state index >= 15 is 0 Å². The van der Waals surface area contributed by atoms with Crippen molar-refractivity contribution in [2.24, 2.45) is 0 Å². The van der Waals surface area contributed by atoms with Gasteiger partial charge in [-0.3, -0.25) is 10.2 Å². The third-order valence-corrected chi connectivity index (χ3v) is 3.93. The molecule has 1 fully saturated rings. The third kappa shape index (κ3) is 2.54. The molecule has 0 saturated carbocycles. The van der Waals surface area contributed by atoms with Crippen LogP contribution in [0.4, 0.5) is 13.2 Å². The van der Waals surface area contributed by atoms with E-state index in [1.807, 2.05) is 6.07 Å². The first-order chi connectivity index (χ1) is 10.4. The van der Waals surface area contributed by atoms with Gasteiger partial charge in [-0.25, -0.2) is 5.01 Å². The lowest BCUT2D eigenvalue weighted by Gasteiger charge is -2.31. The van der Waals surface area contributed by atoms with Crippen molar-refractivity contribution >= 4 is 16.7 Å². The molecule has 3 nitrogen and oxygen atoms in total. The molecule has 0 spiro atoms. The van der Waals surface area contributed by atoms with Gasteiger partial charge in [0.2, 0.25) is 5.91 Å². The Morgan fingerprint density at radius 2 is 1.91 bits per heavy atom. The number of aryl methyl sites for hydroxylation is 1. The lowest BCUT2D eigenvalue weighted by atomic mass is 9.93. The number of alkyl halides is 3. The molecule has 0 aliphatic carbocycles. The fraction of sp³-hybridized carbons (Fsp3) is 0.312. The van der Waals surface area contributed by atoms with Crippen molar-refractivity contribution in [3.8, 4) is 0 Å². The lowest BCUT2D eigenvalue weighted by Crippen LogP contribution is -2.44. The van der Waals surface area contributed by atoms with Crippen molar-refractivity contribution in [3.63, 3.8) is 0 Å². The Kier molecular flexibility index (Phi) is 3.56. The molecule has 2 aromatic rings. The highest BCUT2D eigenvalue weighted by molar-refractivity contribution is 5.87. The highest BCUT2D eigenvalue weighted by Crippen LogP contribution is 2.42. The zero-order valence-electron chi connectivity index (χ0n) is 11.9. The lowest BCUT2D eigenvalue weighted by molar-refractivity contribution is -0.190. The number of carbonyl (C=O) groups excluding carboxylic acids is 1. The number of halogens is 3. The number of benzene rings is 2. The van der Waals surface area contributed by atoms with E-state index in [4.69, 9.17) is 0 Å². The van der Waals surface area contributed by atoms with E-state index in [1.165, 1.54) is 0 Å². The third-order valence-electron chi connectivity index (χ3n) is 3.93. The van der Waals surface area contributed by atoms with Crippen LogP contribution in [0.25, 0.3) is 10.8 Å². The maximum atomic E-state index is 13.7. The first-order valence-corrected chi connectivity index (χ1v) is 6.99. The number of nitrogens with zero attached hydrogens (tertiary/aromatic N) is 1. The van der Waals surface area contributed by atoms with E-state index in [1.54, 1.807) is 37.3 Å². The topological polar surface area (TPSA) is 32.3 Å². The van der Waals surface area contributed by atoms with Gasteiger partial charge in [0, 0.05) is 13.0 Å². The van der Waals surface area contributed by atoms with Gasteiger partial charge in [0.25, 0.3) is 0 Å². The zero-order valence-corrected chi connectivity index (χ0v) is 11.9. The molecule has 1 atom stereocenters. The number of hydrazine groups is 1. The smallest absolute Gasteiger partial charge is 0.288 e. The maximum absolute atomic E-state index is 13.7. The summed E-state index contributed by atoms with van der Waals surface area (Å²) in [7, 11) is 0. The fourth-order valence-corrected chi connectivity index (χ4v) is 2.95. The van der Waals surface area contributed by atoms with Crippen LogP contribution in [-0.4, -0.2) is 23.6 Å². The summed E-state index contributed by atoms with van der Waals surface area (Å²) < 4.78 is 41.1. The van der Waals surface area contributed by atoms with Gasteiger partial charge in [0.05, 0.1) is 0 Å². The van der Waals surface area contributed by atoms with Crippen molar-refractivity contribution in [3.05, 3.63) is 47.5 Å². The number of amides is 1. The molecule has 1 aliphatic rings. The average Bonchev–Trinajstić information content (AvgIpc) is 2.86. The van der Waals surface area contributed by atoms with Crippen LogP contribution in [0.15, 0.2) is 36.4 Å². The van der Waals surface area contributed by atoms with Gasteiger partial charge in [0.15, 0.2) is 6.04 Å². The summed E-state index contributed by atoms with van der Waals surface area (Å²) in [6, 6.07) is 8.65. The van der Waals surface area contributed by atoms with Crippen LogP contribution in [-0.2, 0) is 4.79 Å². The number of rotatable bonds is 2. The monoisotopic (exact) mass is 308 g/mol. The summed E-state index contributed by atoms with van der Waals surface area (Å²) in [5.41, 5.74) is 3.08. The van der Waals surface area contributed by atoms with Crippen LogP contribution >= 0.6 is 0 Å². The summed E-state index contributed by atoms with van der Waals surface area (Å²) in [5, 5.41) is 2.31. The first kappa shape index (κ1) is 14.8. The molecule has 0 radical (unpaired) electrons. The highest BCUT2D eigenvalue weighted by Gasteiger charge is 2.48. The van der Waals surface area contributed by atoms with E-state index in [-0.39, 0.29) is 24.4 Å². The van der Waals surface area contributed by atoms with Gasteiger partial charge < -0.3 is 0 Å². The molecule has 2 aromatic carbocycles. The summed E-state index contributed by atoms with van der Waals surface area (Å²) in [6.07, 6.45) is -4.40. The molecular weight excluding hydrogens is 293 g/mol. The van der Waals surface area contributed by atoms with Crippen molar-refractivity contribution in [1.29, 1.82) is 0 Å². The number of hydrogen-bond acceptors (Lipinski definition) is 2. The Balaban J connectivity index is 2.20. The van der Waals surface area contributed by atoms with Crippen LogP contribution in [0.1, 0.15) is 23.6 Å². The average molecular weight is 308 g/mol. The Morgan fingerprint density at radius 1 is 1.18 bits per heavy atom. The van der Waals surface area contributed by atoms with Crippen molar-refractivity contribution < 1.29 is 18.0 Å². The van der Waals surface area contributed by atoms with Crippen LogP contribution < -0.4 is 5.43 Å². The number of carbonyl (C=O) groups is 1.